The Morgan fingerprint density at radius 1 is 0.839 bits per heavy atom. The van der Waals surface area contributed by atoms with E-state index in [0.29, 0.717) is 5.56 Å². The standard InChI is InChI=1S/C29H31FN/c1-19-14-27(30)26(22-10-8-7-9-11-22)17-25(19)28-24-13-12-21(18-29(3,4)5)16-23(24)15-20(2)31(28)6/h7-17H,18H2,1-6H3/q+1. The second kappa shape index (κ2) is 7.92. The van der Waals surface area contributed by atoms with Crippen molar-refractivity contribution in [2.24, 2.45) is 12.5 Å². The van der Waals surface area contributed by atoms with Crippen LogP contribution in [0.5, 0.6) is 0 Å². The minimum Gasteiger partial charge on any atom is -0.206 e. The van der Waals surface area contributed by atoms with Crippen LogP contribution in [0, 0.1) is 25.1 Å². The van der Waals surface area contributed by atoms with Crippen molar-refractivity contribution in [3.8, 4) is 22.4 Å². The first-order chi connectivity index (χ1) is 14.6. The average Bonchev–Trinajstić information content (AvgIpc) is 2.69. The number of aryl methyl sites for hydroxylation is 2. The third kappa shape index (κ3) is 4.25. The van der Waals surface area contributed by atoms with E-state index in [4.69, 9.17) is 0 Å². The van der Waals surface area contributed by atoms with Crippen LogP contribution in [0.3, 0.4) is 0 Å². The fourth-order valence-corrected chi connectivity index (χ4v) is 4.44. The molecular formula is C29H31FN+. The van der Waals surface area contributed by atoms with Gasteiger partial charge in [0.25, 0.3) is 0 Å². The molecule has 0 aliphatic heterocycles. The molecule has 0 atom stereocenters. The molecule has 1 nitrogen and oxygen atoms in total. The molecule has 3 aromatic carbocycles. The number of halogens is 1. The van der Waals surface area contributed by atoms with Crippen LogP contribution in [0.1, 0.15) is 37.6 Å². The van der Waals surface area contributed by atoms with E-state index >= 15 is 0 Å². The van der Waals surface area contributed by atoms with Gasteiger partial charge >= 0.3 is 0 Å². The van der Waals surface area contributed by atoms with Gasteiger partial charge in [-0.2, -0.15) is 4.57 Å². The molecule has 4 rings (SSSR count). The Morgan fingerprint density at radius 2 is 1.55 bits per heavy atom. The Kier molecular flexibility index (Phi) is 5.43. The molecule has 0 saturated carbocycles. The molecule has 0 radical (unpaired) electrons. The molecule has 0 aliphatic rings. The third-order valence-electron chi connectivity index (χ3n) is 5.99. The Bertz CT molecular complexity index is 1260. The molecule has 0 unspecified atom stereocenters. The number of hydrogen-bond acceptors (Lipinski definition) is 0. The molecular weight excluding hydrogens is 381 g/mol. The van der Waals surface area contributed by atoms with Gasteiger partial charge in [0, 0.05) is 18.6 Å². The quantitative estimate of drug-likeness (QED) is 0.310. The molecule has 0 aliphatic carbocycles. The van der Waals surface area contributed by atoms with Gasteiger partial charge in [-0.25, -0.2) is 4.39 Å². The largest absolute Gasteiger partial charge is 0.220 e. The monoisotopic (exact) mass is 412 g/mol. The average molecular weight is 413 g/mol. The first kappa shape index (κ1) is 21.2. The van der Waals surface area contributed by atoms with E-state index in [1.807, 2.05) is 43.3 Å². The van der Waals surface area contributed by atoms with Crippen LogP contribution in [0.25, 0.3) is 33.2 Å². The fourth-order valence-electron chi connectivity index (χ4n) is 4.44. The van der Waals surface area contributed by atoms with Crippen molar-refractivity contribution in [3.63, 3.8) is 0 Å². The molecule has 0 saturated heterocycles. The summed E-state index contributed by atoms with van der Waals surface area (Å²) in [5.74, 6) is -0.181. The molecule has 1 heterocycles. The lowest BCUT2D eigenvalue weighted by Crippen LogP contribution is -2.35. The second-order valence-corrected chi connectivity index (χ2v) is 9.87. The zero-order valence-corrected chi connectivity index (χ0v) is 19.4. The van der Waals surface area contributed by atoms with Crippen molar-refractivity contribution in [1.82, 2.24) is 0 Å². The maximum atomic E-state index is 14.9. The molecule has 1 aromatic heterocycles. The van der Waals surface area contributed by atoms with Gasteiger partial charge in [0.05, 0.1) is 10.9 Å². The summed E-state index contributed by atoms with van der Waals surface area (Å²) in [6.45, 7) is 10.9. The Balaban J connectivity index is 1.96. The lowest BCUT2D eigenvalue weighted by Gasteiger charge is -2.19. The Morgan fingerprint density at radius 3 is 2.23 bits per heavy atom. The summed E-state index contributed by atoms with van der Waals surface area (Å²) in [5, 5.41) is 2.43. The molecule has 2 heteroatoms. The maximum Gasteiger partial charge on any atom is 0.220 e. The van der Waals surface area contributed by atoms with Gasteiger partial charge in [0.15, 0.2) is 5.69 Å². The van der Waals surface area contributed by atoms with Crippen LogP contribution in [-0.2, 0) is 13.5 Å². The number of nitrogens with zero attached hydrogens (tertiary/aromatic N) is 1. The summed E-state index contributed by atoms with van der Waals surface area (Å²) in [6, 6.07) is 22.5. The minimum atomic E-state index is -0.181. The zero-order chi connectivity index (χ0) is 22.3. The number of fused-ring (bicyclic) bond motifs is 1. The highest BCUT2D eigenvalue weighted by Crippen LogP contribution is 2.34. The van der Waals surface area contributed by atoms with Gasteiger partial charge in [-0.15, -0.1) is 0 Å². The van der Waals surface area contributed by atoms with E-state index in [1.54, 1.807) is 6.07 Å². The predicted molar refractivity (Wildman–Crippen MR) is 129 cm³/mol. The first-order valence-corrected chi connectivity index (χ1v) is 10.9. The van der Waals surface area contributed by atoms with E-state index in [9.17, 15) is 4.39 Å². The molecule has 158 valence electrons. The van der Waals surface area contributed by atoms with Crippen molar-refractivity contribution in [2.75, 3.05) is 0 Å². The fraction of sp³-hybridized carbons (Fsp3) is 0.276. The van der Waals surface area contributed by atoms with E-state index in [2.05, 4.69) is 63.6 Å². The van der Waals surface area contributed by atoms with Crippen LogP contribution in [0.4, 0.5) is 4.39 Å². The van der Waals surface area contributed by atoms with Crippen LogP contribution in [0.2, 0.25) is 0 Å². The maximum absolute atomic E-state index is 14.9. The third-order valence-corrected chi connectivity index (χ3v) is 5.99. The summed E-state index contributed by atoms with van der Waals surface area (Å²) < 4.78 is 17.2. The van der Waals surface area contributed by atoms with E-state index in [0.717, 1.165) is 28.8 Å². The number of rotatable bonds is 3. The highest BCUT2D eigenvalue weighted by atomic mass is 19.1. The van der Waals surface area contributed by atoms with Crippen LogP contribution in [0.15, 0.2) is 66.7 Å². The Labute approximate surface area is 185 Å². The molecule has 0 spiro atoms. The van der Waals surface area contributed by atoms with Gasteiger partial charge in [-0.05, 0) is 59.0 Å². The van der Waals surface area contributed by atoms with E-state index in [1.165, 1.54) is 22.0 Å². The molecule has 0 N–H and O–H groups in total. The second-order valence-electron chi connectivity index (χ2n) is 9.87. The number of hydrogen-bond donors (Lipinski definition) is 0. The summed E-state index contributed by atoms with van der Waals surface area (Å²) >= 11 is 0. The summed E-state index contributed by atoms with van der Waals surface area (Å²) in [5.41, 5.74) is 7.45. The van der Waals surface area contributed by atoms with Gasteiger partial charge < -0.3 is 0 Å². The number of pyridine rings is 1. The van der Waals surface area contributed by atoms with Crippen molar-refractivity contribution >= 4 is 10.8 Å². The predicted octanol–water partition coefficient (Wildman–Crippen LogP) is 7.34. The van der Waals surface area contributed by atoms with Gasteiger partial charge in [0.2, 0.25) is 5.69 Å². The van der Waals surface area contributed by atoms with E-state index in [-0.39, 0.29) is 11.2 Å². The van der Waals surface area contributed by atoms with Crippen molar-refractivity contribution in [2.45, 2.75) is 41.0 Å². The van der Waals surface area contributed by atoms with Crippen LogP contribution in [-0.4, -0.2) is 0 Å². The summed E-state index contributed by atoms with van der Waals surface area (Å²) in [7, 11) is 2.10. The van der Waals surface area contributed by atoms with Crippen molar-refractivity contribution in [1.29, 1.82) is 0 Å². The van der Waals surface area contributed by atoms with Gasteiger partial charge in [-0.3, -0.25) is 0 Å². The van der Waals surface area contributed by atoms with Crippen LogP contribution < -0.4 is 4.57 Å². The zero-order valence-electron chi connectivity index (χ0n) is 19.4. The molecule has 31 heavy (non-hydrogen) atoms. The smallest absolute Gasteiger partial charge is 0.206 e. The highest BCUT2D eigenvalue weighted by molar-refractivity contribution is 5.95. The number of aromatic nitrogens is 1. The van der Waals surface area contributed by atoms with Crippen molar-refractivity contribution in [3.05, 3.63) is 89.4 Å². The number of benzene rings is 3. The van der Waals surface area contributed by atoms with Crippen molar-refractivity contribution < 1.29 is 8.96 Å². The topological polar surface area (TPSA) is 3.88 Å². The van der Waals surface area contributed by atoms with Gasteiger partial charge in [0.1, 0.15) is 12.9 Å². The minimum absolute atomic E-state index is 0.181. The lowest BCUT2D eigenvalue weighted by atomic mass is 9.87. The van der Waals surface area contributed by atoms with Gasteiger partial charge in [-0.1, -0.05) is 63.2 Å². The SMILES string of the molecule is Cc1cc(F)c(-c2ccccc2)cc1-c1c2ccc(CC(C)(C)C)cc2cc(C)[n+]1C. The summed E-state index contributed by atoms with van der Waals surface area (Å²) in [6.07, 6.45) is 1.03. The van der Waals surface area contributed by atoms with Crippen LogP contribution >= 0.6 is 0 Å². The molecule has 0 bridgehead atoms. The molecule has 0 fully saturated rings. The lowest BCUT2D eigenvalue weighted by molar-refractivity contribution is -0.665. The Hall–Kier alpha value is -3.00. The molecule has 4 aromatic rings. The van der Waals surface area contributed by atoms with E-state index < -0.39 is 0 Å². The highest BCUT2D eigenvalue weighted by Gasteiger charge is 2.22. The first-order valence-electron chi connectivity index (χ1n) is 10.9. The molecule has 0 amide bonds. The summed E-state index contributed by atoms with van der Waals surface area (Å²) in [4.78, 5) is 0. The normalized spacial score (nSPS) is 11.8.